The Balaban J connectivity index is 1.92. The molecule has 1 aromatic rings. The molecule has 0 fully saturated rings. The third-order valence-corrected chi connectivity index (χ3v) is 2.96. The van der Waals surface area contributed by atoms with Gasteiger partial charge in [0.25, 0.3) is 0 Å². The van der Waals surface area contributed by atoms with Crippen molar-refractivity contribution in [2.75, 3.05) is 53.4 Å². The van der Waals surface area contributed by atoms with E-state index in [9.17, 15) is 4.79 Å². The van der Waals surface area contributed by atoms with Crippen molar-refractivity contribution in [1.82, 2.24) is 15.0 Å². The van der Waals surface area contributed by atoms with Gasteiger partial charge in [-0.15, -0.1) is 5.10 Å². The SMILES string of the molecule is COCCOCCOCCOCCn1cc(CCC(C)=O)nn1. The Labute approximate surface area is 137 Å². The normalized spacial score (nSPS) is 11.0. The second-order valence-electron chi connectivity index (χ2n) is 5.00. The quantitative estimate of drug-likeness (QED) is 0.433. The summed E-state index contributed by atoms with van der Waals surface area (Å²) in [5.74, 6) is 0.159. The molecule has 8 nitrogen and oxygen atoms in total. The fourth-order valence-electron chi connectivity index (χ4n) is 1.71. The lowest BCUT2D eigenvalue weighted by atomic mass is 10.2. The molecule has 0 atom stereocenters. The summed E-state index contributed by atoms with van der Waals surface area (Å²) in [7, 11) is 1.64. The van der Waals surface area contributed by atoms with Crippen LogP contribution in [0.2, 0.25) is 0 Å². The van der Waals surface area contributed by atoms with Gasteiger partial charge in [-0.25, -0.2) is 4.68 Å². The average Bonchev–Trinajstić information content (AvgIpc) is 2.98. The lowest BCUT2D eigenvalue weighted by molar-refractivity contribution is -0.116. The summed E-state index contributed by atoms with van der Waals surface area (Å²) in [5, 5.41) is 8.01. The van der Waals surface area contributed by atoms with Crippen molar-refractivity contribution in [2.24, 2.45) is 0 Å². The topological polar surface area (TPSA) is 84.7 Å². The van der Waals surface area contributed by atoms with Crippen LogP contribution in [0.25, 0.3) is 0 Å². The molecule has 0 aliphatic carbocycles. The summed E-state index contributed by atoms with van der Waals surface area (Å²) in [5.41, 5.74) is 0.831. The number of aromatic nitrogens is 3. The van der Waals surface area contributed by atoms with Crippen molar-refractivity contribution < 1.29 is 23.7 Å². The Morgan fingerprint density at radius 3 is 2.26 bits per heavy atom. The molecule has 0 saturated heterocycles. The molecule has 1 rings (SSSR count). The van der Waals surface area contributed by atoms with Gasteiger partial charge in [0.15, 0.2) is 0 Å². The molecule has 0 bridgehead atoms. The van der Waals surface area contributed by atoms with Gasteiger partial charge in [0.05, 0.1) is 58.5 Å². The summed E-state index contributed by atoms with van der Waals surface area (Å²) in [6, 6.07) is 0. The highest BCUT2D eigenvalue weighted by atomic mass is 16.6. The molecule has 0 aliphatic rings. The molecule has 132 valence electrons. The monoisotopic (exact) mass is 329 g/mol. The highest BCUT2D eigenvalue weighted by Gasteiger charge is 2.02. The molecule has 0 aromatic carbocycles. The van der Waals surface area contributed by atoms with Gasteiger partial charge in [-0.05, 0) is 13.3 Å². The van der Waals surface area contributed by atoms with Crippen LogP contribution in [0.1, 0.15) is 19.0 Å². The van der Waals surface area contributed by atoms with Crippen molar-refractivity contribution >= 4 is 5.78 Å². The lowest BCUT2D eigenvalue weighted by Gasteiger charge is -2.06. The fraction of sp³-hybridized carbons (Fsp3) is 0.800. The van der Waals surface area contributed by atoms with Crippen LogP contribution >= 0.6 is 0 Å². The van der Waals surface area contributed by atoms with Crippen LogP contribution < -0.4 is 0 Å². The average molecular weight is 329 g/mol. The third kappa shape index (κ3) is 10.9. The van der Waals surface area contributed by atoms with E-state index in [2.05, 4.69) is 10.3 Å². The number of hydrogen-bond donors (Lipinski definition) is 0. The first-order chi connectivity index (χ1) is 11.2. The number of rotatable bonds is 15. The van der Waals surface area contributed by atoms with Crippen LogP contribution in [0.15, 0.2) is 6.20 Å². The van der Waals surface area contributed by atoms with Crippen LogP contribution in [-0.2, 0) is 36.7 Å². The van der Waals surface area contributed by atoms with Gasteiger partial charge in [0.2, 0.25) is 0 Å². The third-order valence-electron chi connectivity index (χ3n) is 2.96. The number of nitrogens with zero attached hydrogens (tertiary/aromatic N) is 3. The van der Waals surface area contributed by atoms with Crippen LogP contribution in [0, 0.1) is 0 Å². The predicted molar refractivity (Wildman–Crippen MR) is 83.4 cm³/mol. The Hall–Kier alpha value is -1.35. The van der Waals surface area contributed by atoms with Gasteiger partial charge in [-0.3, -0.25) is 0 Å². The maximum Gasteiger partial charge on any atom is 0.130 e. The summed E-state index contributed by atoms with van der Waals surface area (Å²) in [4.78, 5) is 10.9. The number of ketones is 1. The summed E-state index contributed by atoms with van der Waals surface area (Å²) >= 11 is 0. The first-order valence-corrected chi connectivity index (χ1v) is 7.83. The van der Waals surface area contributed by atoms with E-state index in [1.54, 1.807) is 18.7 Å². The number of aryl methyl sites for hydroxylation is 1. The van der Waals surface area contributed by atoms with Gasteiger partial charge in [0, 0.05) is 19.7 Å². The number of Topliss-reactive ketones (excluding diaryl/α,β-unsaturated/α-hetero) is 1. The van der Waals surface area contributed by atoms with E-state index in [1.807, 2.05) is 6.20 Å². The second-order valence-corrected chi connectivity index (χ2v) is 5.00. The maximum atomic E-state index is 10.9. The molecule has 0 radical (unpaired) electrons. The Morgan fingerprint density at radius 1 is 1.04 bits per heavy atom. The van der Waals surface area contributed by atoms with Gasteiger partial charge in [-0.2, -0.15) is 0 Å². The van der Waals surface area contributed by atoms with Gasteiger partial charge in [0.1, 0.15) is 5.78 Å². The zero-order valence-corrected chi connectivity index (χ0v) is 14.0. The van der Waals surface area contributed by atoms with E-state index in [0.717, 1.165) is 5.69 Å². The second kappa shape index (κ2) is 13.1. The van der Waals surface area contributed by atoms with E-state index in [0.29, 0.717) is 65.6 Å². The summed E-state index contributed by atoms with van der Waals surface area (Å²) in [6.45, 7) is 6.12. The Kier molecular flexibility index (Phi) is 11.2. The molecular weight excluding hydrogens is 302 g/mol. The molecular formula is C15H27N3O5. The Bertz CT molecular complexity index is 425. The largest absolute Gasteiger partial charge is 0.382 e. The molecule has 0 saturated carbocycles. The summed E-state index contributed by atoms with van der Waals surface area (Å²) in [6.07, 6.45) is 2.98. The Morgan fingerprint density at radius 2 is 1.65 bits per heavy atom. The zero-order valence-electron chi connectivity index (χ0n) is 14.0. The van der Waals surface area contributed by atoms with Crippen molar-refractivity contribution in [2.45, 2.75) is 26.3 Å². The maximum absolute atomic E-state index is 10.9. The number of carbonyl (C=O) groups is 1. The smallest absolute Gasteiger partial charge is 0.130 e. The molecule has 0 unspecified atom stereocenters. The van der Waals surface area contributed by atoms with E-state index in [1.165, 1.54) is 0 Å². The van der Waals surface area contributed by atoms with E-state index >= 15 is 0 Å². The molecule has 1 aromatic heterocycles. The molecule has 23 heavy (non-hydrogen) atoms. The number of hydrogen-bond acceptors (Lipinski definition) is 7. The van der Waals surface area contributed by atoms with Crippen molar-refractivity contribution in [3.8, 4) is 0 Å². The minimum atomic E-state index is 0.159. The number of carbonyl (C=O) groups excluding carboxylic acids is 1. The van der Waals surface area contributed by atoms with Crippen molar-refractivity contribution in [3.05, 3.63) is 11.9 Å². The molecule has 0 aliphatic heterocycles. The fourth-order valence-corrected chi connectivity index (χ4v) is 1.71. The highest BCUT2D eigenvalue weighted by molar-refractivity contribution is 5.75. The van der Waals surface area contributed by atoms with Gasteiger partial charge < -0.3 is 23.7 Å². The van der Waals surface area contributed by atoms with Gasteiger partial charge in [-0.1, -0.05) is 5.21 Å². The summed E-state index contributed by atoms with van der Waals surface area (Å²) < 4.78 is 22.7. The van der Waals surface area contributed by atoms with E-state index < -0.39 is 0 Å². The van der Waals surface area contributed by atoms with Crippen LogP contribution in [0.3, 0.4) is 0 Å². The minimum absolute atomic E-state index is 0.159. The van der Waals surface area contributed by atoms with E-state index in [4.69, 9.17) is 18.9 Å². The van der Waals surface area contributed by atoms with Crippen LogP contribution in [-0.4, -0.2) is 74.1 Å². The molecule has 0 spiro atoms. The zero-order chi connectivity index (χ0) is 16.8. The van der Waals surface area contributed by atoms with Crippen molar-refractivity contribution in [3.63, 3.8) is 0 Å². The number of ether oxygens (including phenoxy) is 4. The lowest BCUT2D eigenvalue weighted by Crippen LogP contribution is -2.13. The van der Waals surface area contributed by atoms with Crippen molar-refractivity contribution in [1.29, 1.82) is 0 Å². The first kappa shape index (κ1) is 19.7. The van der Waals surface area contributed by atoms with Crippen LogP contribution in [0.4, 0.5) is 0 Å². The number of methoxy groups -OCH3 is 1. The minimum Gasteiger partial charge on any atom is -0.382 e. The first-order valence-electron chi connectivity index (χ1n) is 7.83. The molecule has 8 heteroatoms. The molecule has 1 heterocycles. The predicted octanol–water partition coefficient (Wildman–Crippen LogP) is 0.496. The molecule has 0 amide bonds. The molecule has 0 N–H and O–H groups in total. The van der Waals surface area contributed by atoms with E-state index in [-0.39, 0.29) is 5.78 Å². The highest BCUT2D eigenvalue weighted by Crippen LogP contribution is 1.98. The van der Waals surface area contributed by atoms with Gasteiger partial charge >= 0.3 is 0 Å². The standard InChI is InChI=1S/C15H27N3O5/c1-14(19)3-4-15-13-18(17-16-15)5-6-21-9-10-23-12-11-22-8-7-20-2/h13H,3-12H2,1-2H3. The van der Waals surface area contributed by atoms with Crippen LogP contribution in [0.5, 0.6) is 0 Å².